The third-order valence-electron chi connectivity index (χ3n) is 3.64. The summed E-state index contributed by atoms with van der Waals surface area (Å²) in [6.45, 7) is 1.59. The number of nitrogen functional groups attached to an aromatic ring is 1. The minimum atomic E-state index is -0.773. The second kappa shape index (κ2) is 7.54. The van der Waals surface area contributed by atoms with Crippen LogP contribution in [-0.4, -0.2) is 31.1 Å². The number of pyridine rings is 2. The second-order valence-corrected chi connectivity index (χ2v) is 5.93. The minimum absolute atomic E-state index is 0.0794. The molecular formula is C16H15ClFN7O2. The number of halogens is 2. The van der Waals surface area contributed by atoms with Gasteiger partial charge in [-0.05, 0) is 31.2 Å². The van der Waals surface area contributed by atoms with E-state index in [2.05, 4.69) is 25.6 Å². The number of nitrogens with two attached hydrogens (primary N) is 1. The van der Waals surface area contributed by atoms with Gasteiger partial charge in [-0.3, -0.25) is 10.3 Å². The summed E-state index contributed by atoms with van der Waals surface area (Å²) in [6, 6.07) is 5.85. The lowest BCUT2D eigenvalue weighted by molar-refractivity contribution is 0.121. The van der Waals surface area contributed by atoms with Gasteiger partial charge in [0.1, 0.15) is 11.3 Å². The van der Waals surface area contributed by atoms with Gasteiger partial charge >= 0.3 is 6.09 Å². The van der Waals surface area contributed by atoms with E-state index in [-0.39, 0.29) is 11.0 Å². The first-order chi connectivity index (χ1) is 12.8. The number of anilines is 2. The quantitative estimate of drug-likeness (QED) is 0.655. The first kappa shape index (κ1) is 18.5. The maximum absolute atomic E-state index is 13.1. The highest BCUT2D eigenvalue weighted by atomic mass is 35.5. The van der Waals surface area contributed by atoms with Gasteiger partial charge in [0.2, 0.25) is 5.95 Å². The van der Waals surface area contributed by atoms with Gasteiger partial charge in [-0.15, -0.1) is 5.10 Å². The summed E-state index contributed by atoms with van der Waals surface area (Å²) >= 11 is 5.89. The molecule has 0 saturated heterocycles. The van der Waals surface area contributed by atoms with Crippen molar-refractivity contribution in [3.8, 4) is 11.4 Å². The molecule has 3 aromatic heterocycles. The molecular weight excluding hydrogens is 377 g/mol. The molecule has 1 unspecified atom stereocenters. The molecule has 11 heteroatoms. The van der Waals surface area contributed by atoms with Crippen molar-refractivity contribution in [2.24, 2.45) is 7.05 Å². The molecule has 0 fully saturated rings. The first-order valence-corrected chi connectivity index (χ1v) is 8.14. The van der Waals surface area contributed by atoms with Gasteiger partial charge in [-0.2, -0.15) is 4.39 Å². The number of hydrogen-bond donors (Lipinski definition) is 2. The van der Waals surface area contributed by atoms with Crippen molar-refractivity contribution in [1.82, 2.24) is 25.0 Å². The number of ether oxygens (including phenoxy) is 1. The smallest absolute Gasteiger partial charge is 0.413 e. The number of nitrogens with one attached hydrogen (secondary N) is 1. The summed E-state index contributed by atoms with van der Waals surface area (Å²) in [4.78, 5) is 19.9. The van der Waals surface area contributed by atoms with E-state index < -0.39 is 18.1 Å². The third-order valence-corrected chi connectivity index (χ3v) is 3.94. The maximum Gasteiger partial charge on any atom is 0.413 e. The number of hydrogen-bond acceptors (Lipinski definition) is 7. The number of nitrogens with zero attached hydrogens (tertiary/aromatic N) is 5. The van der Waals surface area contributed by atoms with Crippen molar-refractivity contribution in [2.75, 3.05) is 11.1 Å². The van der Waals surface area contributed by atoms with E-state index in [4.69, 9.17) is 22.1 Å². The zero-order valence-corrected chi connectivity index (χ0v) is 15.1. The fraction of sp³-hybridized carbons (Fsp3) is 0.188. The molecule has 0 bridgehead atoms. The molecule has 1 amide bonds. The van der Waals surface area contributed by atoms with Crippen LogP contribution < -0.4 is 11.1 Å². The second-order valence-electron chi connectivity index (χ2n) is 5.57. The molecule has 9 nitrogen and oxygen atoms in total. The van der Waals surface area contributed by atoms with Crippen LogP contribution in [0.25, 0.3) is 11.4 Å². The standard InChI is InChI=1S/C16H15ClFN7O2/c1-8(10-4-6-12(18)21-14(10)17)27-16(26)22-15-13(23-24-25(15)2)11-5-3-9(19)7-20-11/h3-8H,19H2,1-2H3,(H,22,26). The van der Waals surface area contributed by atoms with Crippen LogP contribution in [0.5, 0.6) is 0 Å². The fourth-order valence-electron chi connectivity index (χ4n) is 2.29. The van der Waals surface area contributed by atoms with E-state index in [1.165, 1.54) is 16.9 Å². The van der Waals surface area contributed by atoms with E-state index >= 15 is 0 Å². The van der Waals surface area contributed by atoms with Crippen molar-refractivity contribution in [2.45, 2.75) is 13.0 Å². The zero-order chi connectivity index (χ0) is 19.6. The minimum Gasteiger partial charge on any atom is -0.441 e. The number of aromatic nitrogens is 5. The number of amides is 1. The molecule has 3 heterocycles. The van der Waals surface area contributed by atoms with Crippen molar-refractivity contribution in [3.05, 3.63) is 47.1 Å². The van der Waals surface area contributed by atoms with Crippen LogP contribution in [0.15, 0.2) is 30.5 Å². The summed E-state index contributed by atoms with van der Waals surface area (Å²) in [5, 5.41) is 10.4. The van der Waals surface area contributed by atoms with Gasteiger partial charge in [0, 0.05) is 12.6 Å². The lowest BCUT2D eigenvalue weighted by Crippen LogP contribution is -2.18. The molecule has 3 aromatic rings. The Morgan fingerprint density at radius 2 is 2.15 bits per heavy atom. The SMILES string of the molecule is CC(OC(=O)Nc1c(-c2ccc(N)cn2)nnn1C)c1ccc(F)nc1Cl. The highest BCUT2D eigenvalue weighted by molar-refractivity contribution is 6.30. The highest BCUT2D eigenvalue weighted by Crippen LogP contribution is 2.26. The molecule has 0 aromatic carbocycles. The monoisotopic (exact) mass is 391 g/mol. The molecule has 0 saturated carbocycles. The third kappa shape index (κ3) is 4.11. The van der Waals surface area contributed by atoms with E-state index in [0.717, 1.165) is 6.07 Å². The van der Waals surface area contributed by atoms with Crippen molar-refractivity contribution in [1.29, 1.82) is 0 Å². The number of rotatable bonds is 4. The van der Waals surface area contributed by atoms with E-state index in [0.29, 0.717) is 22.6 Å². The molecule has 0 spiro atoms. The number of carbonyl (C=O) groups is 1. The van der Waals surface area contributed by atoms with Crippen molar-refractivity contribution < 1.29 is 13.9 Å². The Hall–Kier alpha value is -3.27. The summed E-state index contributed by atoms with van der Waals surface area (Å²) < 4.78 is 19.7. The normalized spacial score (nSPS) is 11.9. The van der Waals surface area contributed by atoms with Gasteiger partial charge in [-0.25, -0.2) is 14.5 Å². The van der Waals surface area contributed by atoms with Crippen LogP contribution in [0.3, 0.4) is 0 Å². The van der Waals surface area contributed by atoms with E-state index in [9.17, 15) is 9.18 Å². The van der Waals surface area contributed by atoms with Gasteiger partial charge in [0.25, 0.3) is 0 Å². The Kier molecular flexibility index (Phi) is 5.17. The Morgan fingerprint density at radius 1 is 1.37 bits per heavy atom. The molecule has 27 heavy (non-hydrogen) atoms. The predicted octanol–water partition coefficient (Wildman–Crippen LogP) is 2.96. The molecule has 0 radical (unpaired) electrons. The van der Waals surface area contributed by atoms with Gasteiger partial charge < -0.3 is 10.5 Å². The van der Waals surface area contributed by atoms with Crippen LogP contribution in [0.4, 0.5) is 20.7 Å². The Labute approximate surface area is 158 Å². The molecule has 3 rings (SSSR count). The highest BCUT2D eigenvalue weighted by Gasteiger charge is 2.20. The van der Waals surface area contributed by atoms with E-state index in [1.807, 2.05) is 0 Å². The van der Waals surface area contributed by atoms with Crippen LogP contribution >= 0.6 is 11.6 Å². The fourth-order valence-corrected chi connectivity index (χ4v) is 2.59. The largest absolute Gasteiger partial charge is 0.441 e. The number of aryl methyl sites for hydroxylation is 1. The molecule has 3 N–H and O–H groups in total. The molecule has 1 atom stereocenters. The summed E-state index contributed by atoms with van der Waals surface area (Å²) in [6.07, 6.45) is -0.0626. The zero-order valence-electron chi connectivity index (χ0n) is 14.3. The van der Waals surface area contributed by atoms with Crippen LogP contribution in [-0.2, 0) is 11.8 Å². The molecule has 0 aliphatic rings. The topological polar surface area (TPSA) is 121 Å². The van der Waals surface area contributed by atoms with Crippen LogP contribution in [0, 0.1) is 5.95 Å². The summed E-state index contributed by atoms with van der Waals surface area (Å²) in [7, 11) is 1.60. The van der Waals surface area contributed by atoms with Crippen LogP contribution in [0.2, 0.25) is 5.15 Å². The average Bonchev–Trinajstić information content (AvgIpc) is 2.96. The Morgan fingerprint density at radius 3 is 2.81 bits per heavy atom. The number of carbonyl (C=O) groups excluding carboxylic acids is 1. The Bertz CT molecular complexity index is 977. The molecule has 0 aliphatic carbocycles. The van der Waals surface area contributed by atoms with Crippen molar-refractivity contribution in [3.63, 3.8) is 0 Å². The summed E-state index contributed by atoms with van der Waals surface area (Å²) in [5.41, 5.74) is 7.32. The maximum atomic E-state index is 13.1. The lowest BCUT2D eigenvalue weighted by atomic mass is 10.2. The average molecular weight is 392 g/mol. The van der Waals surface area contributed by atoms with Crippen molar-refractivity contribution >= 4 is 29.2 Å². The van der Waals surface area contributed by atoms with Gasteiger partial charge in [0.05, 0.1) is 17.6 Å². The first-order valence-electron chi connectivity index (χ1n) is 7.76. The van der Waals surface area contributed by atoms with Gasteiger partial charge in [0.15, 0.2) is 11.5 Å². The summed E-state index contributed by atoms with van der Waals surface area (Å²) in [5.74, 6) is -0.435. The van der Waals surface area contributed by atoms with E-state index in [1.54, 1.807) is 26.1 Å². The predicted molar refractivity (Wildman–Crippen MR) is 96.4 cm³/mol. The van der Waals surface area contributed by atoms with Gasteiger partial charge in [-0.1, -0.05) is 16.8 Å². The lowest BCUT2D eigenvalue weighted by Gasteiger charge is -2.15. The molecule has 0 aliphatic heterocycles. The Balaban J connectivity index is 1.76. The molecule has 140 valence electrons. The van der Waals surface area contributed by atoms with Crippen LogP contribution in [0.1, 0.15) is 18.6 Å².